The lowest BCUT2D eigenvalue weighted by Gasteiger charge is -2.36. The van der Waals surface area contributed by atoms with Gasteiger partial charge in [0.1, 0.15) is 11.7 Å². The number of carbonyl (C=O) groups excluding carboxylic acids is 2. The van der Waals surface area contributed by atoms with Crippen LogP contribution in [0.4, 0.5) is 5.69 Å². The highest BCUT2D eigenvalue weighted by Crippen LogP contribution is 2.20. The fraction of sp³-hybridized carbons (Fsp3) is 0.480. The van der Waals surface area contributed by atoms with E-state index in [1.165, 1.54) is 0 Å². The van der Waals surface area contributed by atoms with Gasteiger partial charge in [-0.2, -0.15) is 0 Å². The van der Waals surface area contributed by atoms with Crippen molar-refractivity contribution in [1.82, 2.24) is 15.2 Å². The number of aliphatic imine (C=N–C) groups is 2. The van der Waals surface area contributed by atoms with Crippen molar-refractivity contribution in [3.63, 3.8) is 0 Å². The third kappa shape index (κ3) is 5.00. The molecule has 1 unspecified atom stereocenters. The molecule has 34 heavy (non-hydrogen) atoms. The molecule has 5 rings (SSSR count). The molecule has 1 aromatic rings. The van der Waals surface area contributed by atoms with Crippen molar-refractivity contribution in [2.24, 2.45) is 9.98 Å². The lowest BCUT2D eigenvalue weighted by molar-refractivity contribution is -0.114. The van der Waals surface area contributed by atoms with E-state index in [-0.39, 0.29) is 23.9 Å². The lowest BCUT2D eigenvalue weighted by Crippen LogP contribution is -2.47. The molecule has 0 radical (unpaired) electrons. The van der Waals surface area contributed by atoms with Gasteiger partial charge in [-0.15, -0.1) is 0 Å². The Bertz CT molecular complexity index is 1060. The van der Waals surface area contributed by atoms with E-state index < -0.39 is 0 Å². The summed E-state index contributed by atoms with van der Waals surface area (Å²) in [5, 5.41) is 2.97. The van der Waals surface area contributed by atoms with Gasteiger partial charge in [-0.1, -0.05) is 6.92 Å². The number of pyridine rings is 1. The highest BCUT2D eigenvalue weighted by Gasteiger charge is 2.25. The molecule has 2 amide bonds. The van der Waals surface area contributed by atoms with Gasteiger partial charge in [0.05, 0.1) is 30.2 Å². The monoisotopic (exact) mass is 462 g/mol. The molecule has 2 atom stereocenters. The van der Waals surface area contributed by atoms with Gasteiger partial charge >= 0.3 is 0 Å². The first-order chi connectivity index (χ1) is 16.6. The Labute approximate surface area is 199 Å². The highest BCUT2D eigenvalue weighted by molar-refractivity contribution is 6.16. The van der Waals surface area contributed by atoms with Gasteiger partial charge < -0.3 is 15.0 Å². The second-order valence-electron chi connectivity index (χ2n) is 9.03. The van der Waals surface area contributed by atoms with E-state index in [0.29, 0.717) is 25.3 Å². The Morgan fingerprint density at radius 1 is 1.24 bits per heavy atom. The van der Waals surface area contributed by atoms with Crippen LogP contribution in [0.5, 0.6) is 0 Å². The standard InChI is InChI=1S/C25H30N6O3/c1-2-18-12-22-23(29-24(18)32)11-17(13-26-22)15-30-6-8-31(9-7-30)20-3-4-21(27-14-20)25(33)28-19-5-10-34-16-19/h3-4,11-14,19,22H,2,5-10,15-16H2,1H3,(H,28,33)/t19-,22?/m0/s1. The predicted molar refractivity (Wildman–Crippen MR) is 131 cm³/mol. The molecule has 0 spiro atoms. The summed E-state index contributed by atoms with van der Waals surface area (Å²) in [7, 11) is 0. The molecule has 2 fully saturated rings. The molecule has 9 heteroatoms. The van der Waals surface area contributed by atoms with Crippen LogP contribution in [-0.2, 0) is 9.53 Å². The van der Waals surface area contributed by atoms with Crippen LogP contribution in [0.3, 0.4) is 0 Å². The molecule has 9 nitrogen and oxygen atoms in total. The molecule has 0 saturated carbocycles. The third-order valence-corrected chi connectivity index (χ3v) is 6.67. The zero-order valence-corrected chi connectivity index (χ0v) is 19.4. The second kappa shape index (κ2) is 9.99. The molecule has 0 bridgehead atoms. The topological polar surface area (TPSA) is 99.5 Å². The quantitative estimate of drug-likeness (QED) is 0.687. The van der Waals surface area contributed by atoms with Crippen molar-refractivity contribution in [3.8, 4) is 0 Å². The van der Waals surface area contributed by atoms with E-state index >= 15 is 0 Å². The van der Waals surface area contributed by atoms with Gasteiger partial charge in [0.25, 0.3) is 11.8 Å². The van der Waals surface area contributed by atoms with Crippen molar-refractivity contribution < 1.29 is 14.3 Å². The van der Waals surface area contributed by atoms with Crippen LogP contribution < -0.4 is 10.2 Å². The number of carbonyl (C=O) groups is 2. The molecule has 4 aliphatic heterocycles. The van der Waals surface area contributed by atoms with Gasteiger partial charge in [0.2, 0.25) is 0 Å². The number of hydrogen-bond acceptors (Lipinski definition) is 7. The minimum Gasteiger partial charge on any atom is -0.379 e. The molecule has 0 aromatic carbocycles. The van der Waals surface area contributed by atoms with Gasteiger partial charge in [-0.05, 0) is 42.7 Å². The van der Waals surface area contributed by atoms with Crippen LogP contribution in [0.1, 0.15) is 30.3 Å². The van der Waals surface area contributed by atoms with Crippen molar-refractivity contribution in [1.29, 1.82) is 0 Å². The van der Waals surface area contributed by atoms with E-state index in [1.807, 2.05) is 31.4 Å². The number of ether oxygens (including phenoxy) is 1. The van der Waals surface area contributed by atoms with E-state index in [1.54, 1.807) is 12.3 Å². The van der Waals surface area contributed by atoms with Gasteiger partial charge in [0, 0.05) is 51.1 Å². The average Bonchev–Trinajstić information content (AvgIpc) is 3.37. The third-order valence-electron chi connectivity index (χ3n) is 6.67. The van der Waals surface area contributed by atoms with Crippen LogP contribution in [-0.4, -0.2) is 91.6 Å². The van der Waals surface area contributed by atoms with Gasteiger partial charge in [0.15, 0.2) is 0 Å². The summed E-state index contributed by atoms with van der Waals surface area (Å²) in [4.78, 5) is 42.4. The maximum atomic E-state index is 12.4. The summed E-state index contributed by atoms with van der Waals surface area (Å²) in [6, 6.07) is 3.71. The van der Waals surface area contributed by atoms with Crippen molar-refractivity contribution in [2.75, 3.05) is 50.8 Å². The minimum atomic E-state index is -0.151. The maximum Gasteiger partial charge on any atom is 0.272 e. The Morgan fingerprint density at radius 3 is 2.79 bits per heavy atom. The molecule has 1 N–H and O–H groups in total. The van der Waals surface area contributed by atoms with Crippen LogP contribution >= 0.6 is 0 Å². The molecule has 178 valence electrons. The number of fused-ring (bicyclic) bond motifs is 1. The fourth-order valence-electron chi connectivity index (χ4n) is 4.64. The van der Waals surface area contributed by atoms with E-state index in [2.05, 4.69) is 30.1 Å². The molecular weight excluding hydrogens is 432 g/mol. The van der Waals surface area contributed by atoms with Crippen molar-refractivity contribution in [3.05, 3.63) is 47.3 Å². The summed E-state index contributed by atoms with van der Waals surface area (Å²) in [6.45, 7) is 7.58. The van der Waals surface area contributed by atoms with Crippen LogP contribution in [0.25, 0.3) is 0 Å². The number of rotatable bonds is 6. The Kier molecular flexibility index (Phi) is 6.64. The number of nitrogens with one attached hydrogen (secondary N) is 1. The summed E-state index contributed by atoms with van der Waals surface area (Å²) >= 11 is 0. The Balaban J connectivity index is 1.12. The molecule has 4 aliphatic rings. The fourth-order valence-corrected chi connectivity index (χ4v) is 4.64. The van der Waals surface area contributed by atoms with E-state index in [0.717, 1.165) is 61.7 Å². The average molecular weight is 463 g/mol. The van der Waals surface area contributed by atoms with E-state index in [4.69, 9.17) is 4.74 Å². The van der Waals surface area contributed by atoms with Crippen molar-refractivity contribution >= 4 is 29.4 Å². The normalized spacial score (nSPS) is 24.9. The maximum absolute atomic E-state index is 12.4. The molecule has 0 aliphatic carbocycles. The summed E-state index contributed by atoms with van der Waals surface area (Å²) < 4.78 is 5.31. The zero-order chi connectivity index (χ0) is 23.5. The number of anilines is 1. The number of aromatic nitrogens is 1. The van der Waals surface area contributed by atoms with Crippen LogP contribution in [0.15, 0.2) is 51.6 Å². The lowest BCUT2D eigenvalue weighted by atomic mass is 9.98. The Hall–Kier alpha value is -3.17. The first-order valence-corrected chi connectivity index (χ1v) is 12.0. The largest absolute Gasteiger partial charge is 0.379 e. The molecular formula is C25H30N6O3. The minimum absolute atomic E-state index is 0.0771. The van der Waals surface area contributed by atoms with Crippen molar-refractivity contribution in [2.45, 2.75) is 31.8 Å². The molecule has 5 heterocycles. The number of nitrogens with zero attached hydrogens (tertiary/aromatic N) is 5. The van der Waals surface area contributed by atoms with Gasteiger partial charge in [-0.25, -0.2) is 9.98 Å². The molecule has 1 aromatic heterocycles. The second-order valence-corrected chi connectivity index (χ2v) is 9.03. The smallest absolute Gasteiger partial charge is 0.272 e. The highest BCUT2D eigenvalue weighted by atomic mass is 16.5. The molecule has 2 saturated heterocycles. The number of hydrogen-bond donors (Lipinski definition) is 1. The zero-order valence-electron chi connectivity index (χ0n) is 19.4. The summed E-state index contributed by atoms with van der Waals surface area (Å²) in [5.41, 5.74) is 4.02. The van der Waals surface area contributed by atoms with Crippen LogP contribution in [0, 0.1) is 0 Å². The van der Waals surface area contributed by atoms with E-state index in [9.17, 15) is 9.59 Å². The number of dihydropyridines is 2. The first-order valence-electron chi connectivity index (χ1n) is 12.0. The number of amides is 2. The van der Waals surface area contributed by atoms with Gasteiger partial charge in [-0.3, -0.25) is 19.5 Å². The summed E-state index contributed by atoms with van der Waals surface area (Å²) in [6.07, 6.45) is 9.17. The number of piperazine rings is 1. The summed E-state index contributed by atoms with van der Waals surface area (Å²) in [5.74, 6) is -0.290. The Morgan fingerprint density at radius 2 is 2.09 bits per heavy atom. The van der Waals surface area contributed by atoms with Crippen LogP contribution in [0.2, 0.25) is 0 Å². The SMILES string of the molecule is CCC1=CC2N=CC(CN3CCN(c4ccc(C(=O)N[C@H]5CCOC5)nc4)CC3)=CC2=NC1=O. The predicted octanol–water partition coefficient (Wildman–Crippen LogP) is 1.42. The first kappa shape index (κ1) is 22.6.